The van der Waals surface area contributed by atoms with Crippen molar-refractivity contribution in [2.45, 2.75) is 38.0 Å². The molecule has 0 unspecified atom stereocenters. The second-order valence-electron chi connectivity index (χ2n) is 5.75. The van der Waals surface area contributed by atoms with Gasteiger partial charge in [0.2, 0.25) is 0 Å². The lowest BCUT2D eigenvalue weighted by molar-refractivity contribution is 0.597. The van der Waals surface area contributed by atoms with E-state index in [-0.39, 0.29) is 0 Å². The Morgan fingerprint density at radius 3 is 1.89 bits per heavy atom. The molecular formula is C19H22. The van der Waals surface area contributed by atoms with Gasteiger partial charge in [-0.05, 0) is 29.9 Å². The largest absolute Gasteiger partial charge is 0.0654 e. The number of benzene rings is 2. The molecular weight excluding hydrogens is 228 g/mol. The zero-order valence-corrected chi connectivity index (χ0v) is 11.7. The van der Waals surface area contributed by atoms with Crippen molar-refractivity contribution in [2.24, 2.45) is 5.92 Å². The molecule has 3 rings (SSSR count). The van der Waals surface area contributed by atoms with Crippen molar-refractivity contribution in [3.05, 3.63) is 71.8 Å². The van der Waals surface area contributed by atoms with Crippen molar-refractivity contribution in [1.29, 1.82) is 0 Å². The van der Waals surface area contributed by atoms with Gasteiger partial charge in [0.15, 0.2) is 0 Å². The molecule has 2 aromatic rings. The summed E-state index contributed by atoms with van der Waals surface area (Å²) in [4.78, 5) is 0. The maximum Gasteiger partial charge on any atom is 0.0234 e. The first kappa shape index (κ1) is 12.5. The third kappa shape index (κ3) is 2.20. The van der Waals surface area contributed by atoms with Crippen LogP contribution in [0.25, 0.3) is 0 Å². The van der Waals surface area contributed by atoms with Gasteiger partial charge in [-0.2, -0.15) is 0 Å². The van der Waals surface area contributed by atoms with Gasteiger partial charge in [-0.1, -0.05) is 80.4 Å². The first-order valence-corrected chi connectivity index (χ1v) is 7.49. The number of unbranched alkanes of at least 4 members (excludes halogenated alkanes) is 1. The SMILES string of the molecule is CCCC[C@H]1CC1(c1ccccc1)c1ccccc1. The zero-order chi connectivity index (χ0) is 13.1. The molecule has 0 aromatic heterocycles. The molecule has 0 aliphatic heterocycles. The molecule has 1 aliphatic carbocycles. The van der Waals surface area contributed by atoms with Crippen LogP contribution in [-0.2, 0) is 5.41 Å². The fourth-order valence-electron chi connectivity index (χ4n) is 3.47. The lowest BCUT2D eigenvalue weighted by Crippen LogP contribution is -2.12. The Morgan fingerprint density at radius 2 is 1.42 bits per heavy atom. The van der Waals surface area contributed by atoms with Gasteiger partial charge in [0.05, 0.1) is 0 Å². The summed E-state index contributed by atoms with van der Waals surface area (Å²) in [5, 5.41) is 0. The standard InChI is InChI=1S/C19H22/c1-2-3-10-18-15-19(18,16-11-6-4-7-12-16)17-13-8-5-9-14-17/h4-9,11-14,18H,2-3,10,15H2,1H3/t18-/m0/s1. The summed E-state index contributed by atoms with van der Waals surface area (Å²) in [6.45, 7) is 2.29. The molecule has 0 spiro atoms. The molecule has 0 saturated heterocycles. The van der Waals surface area contributed by atoms with E-state index in [0.29, 0.717) is 5.41 Å². The number of rotatable bonds is 5. The number of hydrogen-bond acceptors (Lipinski definition) is 0. The second-order valence-corrected chi connectivity index (χ2v) is 5.75. The highest BCUT2D eigenvalue weighted by Crippen LogP contribution is 2.60. The summed E-state index contributed by atoms with van der Waals surface area (Å²) in [5.74, 6) is 0.831. The smallest absolute Gasteiger partial charge is 0.0234 e. The van der Waals surface area contributed by atoms with Crippen molar-refractivity contribution >= 4 is 0 Å². The molecule has 0 bridgehead atoms. The fourth-order valence-corrected chi connectivity index (χ4v) is 3.47. The predicted molar refractivity (Wildman–Crippen MR) is 81.3 cm³/mol. The van der Waals surface area contributed by atoms with Crippen LogP contribution >= 0.6 is 0 Å². The quantitative estimate of drug-likeness (QED) is 0.685. The monoisotopic (exact) mass is 250 g/mol. The van der Waals surface area contributed by atoms with Crippen molar-refractivity contribution in [1.82, 2.24) is 0 Å². The Morgan fingerprint density at radius 1 is 0.895 bits per heavy atom. The average Bonchev–Trinajstić information content (AvgIpc) is 3.23. The summed E-state index contributed by atoms with van der Waals surface area (Å²) >= 11 is 0. The summed E-state index contributed by atoms with van der Waals surface area (Å²) in [5.41, 5.74) is 3.31. The Bertz CT molecular complexity index is 473. The minimum atomic E-state index is 0.303. The minimum Gasteiger partial charge on any atom is -0.0654 e. The minimum absolute atomic E-state index is 0.303. The van der Waals surface area contributed by atoms with Crippen LogP contribution in [0.1, 0.15) is 43.7 Å². The van der Waals surface area contributed by atoms with Crippen molar-refractivity contribution < 1.29 is 0 Å². The lowest BCUT2D eigenvalue weighted by Gasteiger charge is -2.19. The molecule has 0 N–H and O–H groups in total. The van der Waals surface area contributed by atoms with Gasteiger partial charge in [-0.3, -0.25) is 0 Å². The van der Waals surface area contributed by atoms with Crippen LogP contribution in [0.15, 0.2) is 60.7 Å². The molecule has 19 heavy (non-hydrogen) atoms. The van der Waals surface area contributed by atoms with Gasteiger partial charge < -0.3 is 0 Å². The van der Waals surface area contributed by atoms with E-state index < -0.39 is 0 Å². The molecule has 0 nitrogen and oxygen atoms in total. The van der Waals surface area contributed by atoms with E-state index in [2.05, 4.69) is 67.6 Å². The zero-order valence-electron chi connectivity index (χ0n) is 11.7. The molecule has 1 fully saturated rings. The van der Waals surface area contributed by atoms with Crippen LogP contribution in [-0.4, -0.2) is 0 Å². The van der Waals surface area contributed by atoms with Crippen LogP contribution in [0.3, 0.4) is 0 Å². The molecule has 1 aliphatic rings. The maximum atomic E-state index is 2.30. The second kappa shape index (κ2) is 5.21. The topological polar surface area (TPSA) is 0 Å². The first-order chi connectivity index (χ1) is 9.38. The number of hydrogen-bond donors (Lipinski definition) is 0. The Labute approximate surface area is 116 Å². The summed E-state index contributed by atoms with van der Waals surface area (Å²) < 4.78 is 0. The van der Waals surface area contributed by atoms with Gasteiger partial charge in [-0.25, -0.2) is 0 Å². The highest BCUT2D eigenvalue weighted by molar-refractivity contribution is 5.46. The Kier molecular flexibility index (Phi) is 3.42. The van der Waals surface area contributed by atoms with E-state index in [1.54, 1.807) is 0 Å². The lowest BCUT2D eigenvalue weighted by atomic mass is 9.85. The Balaban J connectivity index is 1.95. The molecule has 1 atom stereocenters. The summed E-state index contributed by atoms with van der Waals surface area (Å²) in [6.07, 6.45) is 5.34. The van der Waals surface area contributed by atoms with E-state index in [9.17, 15) is 0 Å². The summed E-state index contributed by atoms with van der Waals surface area (Å²) in [7, 11) is 0. The van der Waals surface area contributed by atoms with E-state index in [1.807, 2.05) is 0 Å². The maximum absolute atomic E-state index is 2.30. The van der Waals surface area contributed by atoms with Crippen molar-refractivity contribution in [3.63, 3.8) is 0 Å². The molecule has 0 heterocycles. The van der Waals surface area contributed by atoms with Gasteiger partial charge >= 0.3 is 0 Å². The van der Waals surface area contributed by atoms with E-state index >= 15 is 0 Å². The summed E-state index contributed by atoms with van der Waals surface area (Å²) in [6, 6.07) is 22.2. The van der Waals surface area contributed by atoms with E-state index in [4.69, 9.17) is 0 Å². The molecule has 0 amide bonds. The normalized spacial score (nSPS) is 20.2. The average molecular weight is 250 g/mol. The van der Waals surface area contributed by atoms with Crippen LogP contribution in [0, 0.1) is 5.92 Å². The molecule has 0 heteroatoms. The first-order valence-electron chi connectivity index (χ1n) is 7.49. The van der Waals surface area contributed by atoms with Crippen molar-refractivity contribution in [2.75, 3.05) is 0 Å². The van der Waals surface area contributed by atoms with Crippen LogP contribution < -0.4 is 0 Å². The van der Waals surface area contributed by atoms with E-state index in [0.717, 1.165) is 5.92 Å². The fraction of sp³-hybridized carbons (Fsp3) is 0.368. The van der Waals surface area contributed by atoms with E-state index in [1.165, 1.54) is 36.8 Å². The highest BCUT2D eigenvalue weighted by atomic mass is 14.6. The molecule has 98 valence electrons. The molecule has 0 radical (unpaired) electrons. The van der Waals surface area contributed by atoms with Gasteiger partial charge in [0.1, 0.15) is 0 Å². The third-order valence-electron chi connectivity index (χ3n) is 4.59. The third-order valence-corrected chi connectivity index (χ3v) is 4.59. The molecule has 2 aromatic carbocycles. The van der Waals surface area contributed by atoms with Crippen molar-refractivity contribution in [3.8, 4) is 0 Å². The van der Waals surface area contributed by atoms with Gasteiger partial charge in [0, 0.05) is 5.41 Å². The van der Waals surface area contributed by atoms with Crippen LogP contribution in [0.2, 0.25) is 0 Å². The highest BCUT2D eigenvalue weighted by Gasteiger charge is 2.55. The van der Waals surface area contributed by atoms with Gasteiger partial charge in [-0.15, -0.1) is 0 Å². The Hall–Kier alpha value is -1.56. The predicted octanol–water partition coefficient (Wildman–Crippen LogP) is 5.18. The van der Waals surface area contributed by atoms with Gasteiger partial charge in [0.25, 0.3) is 0 Å². The molecule has 1 saturated carbocycles. The van der Waals surface area contributed by atoms with Crippen LogP contribution in [0.4, 0.5) is 0 Å². The van der Waals surface area contributed by atoms with Crippen LogP contribution in [0.5, 0.6) is 0 Å².